The number of aromatic nitrogens is 2. The second-order valence-electron chi connectivity index (χ2n) is 4.90. The normalized spacial score (nSPS) is 10.7. The number of benzene rings is 2. The molecule has 0 aliphatic carbocycles. The third kappa shape index (κ3) is 3.09. The van der Waals surface area contributed by atoms with Crippen molar-refractivity contribution < 1.29 is 4.79 Å². The lowest BCUT2D eigenvalue weighted by Crippen LogP contribution is -2.25. The smallest absolute Gasteiger partial charge is 0.276 e. The van der Waals surface area contributed by atoms with E-state index in [2.05, 4.69) is 33.0 Å². The van der Waals surface area contributed by atoms with Gasteiger partial charge < -0.3 is 5.32 Å². The zero-order valence-corrected chi connectivity index (χ0v) is 14.9. The fourth-order valence-electron chi connectivity index (χ4n) is 2.24. The summed E-state index contributed by atoms with van der Waals surface area (Å²) < 4.78 is 2.13. The van der Waals surface area contributed by atoms with Crippen molar-refractivity contribution in [3.05, 3.63) is 67.1 Å². The van der Waals surface area contributed by atoms with Gasteiger partial charge in [-0.1, -0.05) is 29.8 Å². The summed E-state index contributed by atoms with van der Waals surface area (Å²) in [6.07, 6.45) is 0. The number of rotatable bonds is 2. The molecule has 0 aliphatic heterocycles. The van der Waals surface area contributed by atoms with Gasteiger partial charge in [0.1, 0.15) is 0 Å². The van der Waals surface area contributed by atoms with E-state index in [1.165, 1.54) is 7.05 Å². The Kier molecular flexibility index (Phi) is 4.36. The van der Waals surface area contributed by atoms with Crippen LogP contribution in [-0.4, -0.2) is 15.7 Å². The van der Waals surface area contributed by atoms with Crippen LogP contribution in [-0.2, 0) is 7.05 Å². The molecule has 0 fully saturated rings. The maximum absolute atomic E-state index is 12.6. The summed E-state index contributed by atoms with van der Waals surface area (Å²) in [5.74, 6) is -0.417. The fourth-order valence-corrected chi connectivity index (χ4v) is 3.14. The summed E-state index contributed by atoms with van der Waals surface area (Å²) in [5.41, 5.74) is 0.429. The maximum atomic E-state index is 12.6. The molecule has 116 valence electrons. The Hall–Kier alpha value is -1.93. The Balaban J connectivity index is 2.08. The molecule has 3 rings (SSSR count). The van der Waals surface area contributed by atoms with E-state index in [1.807, 2.05) is 6.07 Å². The highest BCUT2D eigenvalue weighted by molar-refractivity contribution is 14.1. The molecule has 2 aromatic carbocycles. The van der Waals surface area contributed by atoms with E-state index in [0.29, 0.717) is 21.5 Å². The Morgan fingerprint density at radius 2 is 1.91 bits per heavy atom. The quantitative estimate of drug-likeness (QED) is 0.622. The molecule has 7 heteroatoms. The van der Waals surface area contributed by atoms with E-state index in [9.17, 15) is 9.59 Å². The Morgan fingerprint density at radius 1 is 1.22 bits per heavy atom. The van der Waals surface area contributed by atoms with Gasteiger partial charge in [0.2, 0.25) is 0 Å². The lowest BCUT2D eigenvalue weighted by atomic mass is 10.1. The molecule has 1 aromatic heterocycles. The average Bonchev–Trinajstić information content (AvgIpc) is 2.53. The van der Waals surface area contributed by atoms with Crippen molar-refractivity contribution in [3.8, 4) is 0 Å². The minimum Gasteiger partial charge on any atom is -0.319 e. The van der Waals surface area contributed by atoms with Gasteiger partial charge in [-0.3, -0.25) is 9.59 Å². The molecule has 0 spiro atoms. The van der Waals surface area contributed by atoms with Crippen molar-refractivity contribution in [2.45, 2.75) is 0 Å². The number of nitrogens with one attached hydrogen (secondary N) is 1. The first kappa shape index (κ1) is 15.9. The van der Waals surface area contributed by atoms with Crippen LogP contribution in [0.1, 0.15) is 10.5 Å². The van der Waals surface area contributed by atoms with Crippen LogP contribution >= 0.6 is 34.2 Å². The van der Waals surface area contributed by atoms with Crippen molar-refractivity contribution in [2.75, 3.05) is 5.32 Å². The van der Waals surface area contributed by atoms with Crippen molar-refractivity contribution in [2.24, 2.45) is 7.05 Å². The highest BCUT2D eigenvalue weighted by Gasteiger charge is 2.16. The van der Waals surface area contributed by atoms with Gasteiger partial charge in [0.05, 0.1) is 16.1 Å². The monoisotopic (exact) mass is 439 g/mol. The topological polar surface area (TPSA) is 64.0 Å². The third-order valence-electron chi connectivity index (χ3n) is 3.35. The summed E-state index contributed by atoms with van der Waals surface area (Å²) in [4.78, 5) is 24.7. The van der Waals surface area contributed by atoms with Crippen molar-refractivity contribution >= 4 is 56.6 Å². The Morgan fingerprint density at radius 3 is 2.61 bits per heavy atom. The summed E-state index contributed by atoms with van der Waals surface area (Å²) in [6, 6.07) is 12.2. The molecule has 0 saturated heterocycles. The minimum atomic E-state index is -0.417. The number of nitrogens with zero attached hydrogens (tertiary/aromatic N) is 2. The number of anilines is 1. The highest BCUT2D eigenvalue weighted by atomic mass is 127. The predicted octanol–water partition coefficient (Wildman–Crippen LogP) is 3.44. The van der Waals surface area contributed by atoms with Gasteiger partial charge in [-0.25, -0.2) is 4.68 Å². The second-order valence-corrected chi connectivity index (χ2v) is 6.55. The summed E-state index contributed by atoms with van der Waals surface area (Å²) in [6.45, 7) is 0. The van der Waals surface area contributed by atoms with Gasteiger partial charge >= 0.3 is 0 Å². The average molecular weight is 440 g/mol. The van der Waals surface area contributed by atoms with Crippen LogP contribution in [0.3, 0.4) is 0 Å². The number of halogens is 2. The van der Waals surface area contributed by atoms with Gasteiger partial charge in [0.25, 0.3) is 11.5 Å². The van der Waals surface area contributed by atoms with E-state index in [1.54, 1.807) is 36.4 Å². The standard InChI is InChI=1S/C16H11ClIN3O2/c1-21-16(23)11-5-3-2-4-10(11)14(20-21)15(22)19-13-7-6-9(18)8-12(13)17/h2-8H,1H3,(H,19,22). The fraction of sp³-hybridized carbons (Fsp3) is 0.0625. The minimum absolute atomic E-state index is 0.178. The molecule has 0 radical (unpaired) electrons. The van der Waals surface area contributed by atoms with E-state index in [-0.39, 0.29) is 11.3 Å². The number of aryl methyl sites for hydroxylation is 1. The van der Waals surface area contributed by atoms with Gasteiger partial charge in [-0.15, -0.1) is 0 Å². The Labute approximate surface area is 150 Å². The summed E-state index contributed by atoms with van der Waals surface area (Å²) in [5, 5.41) is 8.23. The van der Waals surface area contributed by atoms with Crippen LogP contribution in [0.5, 0.6) is 0 Å². The van der Waals surface area contributed by atoms with Crippen molar-refractivity contribution in [1.29, 1.82) is 0 Å². The van der Waals surface area contributed by atoms with Gasteiger partial charge in [0.15, 0.2) is 5.69 Å². The van der Waals surface area contributed by atoms with Crippen LogP contribution in [0, 0.1) is 3.57 Å². The van der Waals surface area contributed by atoms with Crippen LogP contribution in [0.2, 0.25) is 5.02 Å². The number of amides is 1. The molecule has 1 heterocycles. The molecule has 0 saturated carbocycles. The van der Waals surface area contributed by atoms with Crippen LogP contribution < -0.4 is 10.9 Å². The molecule has 5 nitrogen and oxygen atoms in total. The summed E-state index contributed by atoms with van der Waals surface area (Å²) in [7, 11) is 1.52. The third-order valence-corrected chi connectivity index (χ3v) is 4.33. The SMILES string of the molecule is Cn1nc(C(=O)Nc2ccc(I)cc2Cl)c2ccccc2c1=O. The van der Waals surface area contributed by atoms with Gasteiger partial charge in [0, 0.05) is 16.0 Å². The van der Waals surface area contributed by atoms with Crippen LogP contribution in [0.25, 0.3) is 10.8 Å². The molecular weight excluding hydrogens is 429 g/mol. The van der Waals surface area contributed by atoms with E-state index in [4.69, 9.17) is 11.6 Å². The molecule has 0 atom stereocenters. The maximum Gasteiger partial charge on any atom is 0.276 e. The van der Waals surface area contributed by atoms with Gasteiger partial charge in [-0.05, 0) is 46.9 Å². The lowest BCUT2D eigenvalue weighted by Gasteiger charge is -2.10. The number of fused-ring (bicyclic) bond motifs is 1. The highest BCUT2D eigenvalue weighted by Crippen LogP contribution is 2.24. The molecule has 1 amide bonds. The number of carbonyl (C=O) groups is 1. The number of hydrogen-bond acceptors (Lipinski definition) is 3. The first-order valence-electron chi connectivity index (χ1n) is 6.70. The van der Waals surface area contributed by atoms with E-state index < -0.39 is 5.91 Å². The van der Waals surface area contributed by atoms with Crippen molar-refractivity contribution in [3.63, 3.8) is 0 Å². The first-order chi connectivity index (χ1) is 11.0. The zero-order chi connectivity index (χ0) is 16.6. The van der Waals surface area contributed by atoms with E-state index in [0.717, 1.165) is 8.25 Å². The predicted molar refractivity (Wildman–Crippen MR) is 99.1 cm³/mol. The number of hydrogen-bond donors (Lipinski definition) is 1. The van der Waals surface area contributed by atoms with Crippen LogP contribution in [0.4, 0.5) is 5.69 Å². The zero-order valence-electron chi connectivity index (χ0n) is 12.0. The molecular formula is C16H11ClIN3O2. The number of carbonyl (C=O) groups excluding carboxylic acids is 1. The molecule has 0 bridgehead atoms. The molecule has 1 N–H and O–H groups in total. The molecule has 0 aliphatic rings. The Bertz CT molecular complexity index is 985. The molecule has 0 unspecified atom stereocenters. The van der Waals surface area contributed by atoms with Crippen molar-refractivity contribution in [1.82, 2.24) is 9.78 Å². The van der Waals surface area contributed by atoms with Gasteiger partial charge in [-0.2, -0.15) is 5.10 Å². The van der Waals surface area contributed by atoms with E-state index >= 15 is 0 Å². The molecule has 23 heavy (non-hydrogen) atoms. The second kappa shape index (κ2) is 6.29. The lowest BCUT2D eigenvalue weighted by molar-refractivity contribution is 0.102. The van der Waals surface area contributed by atoms with Crippen LogP contribution in [0.15, 0.2) is 47.3 Å². The largest absolute Gasteiger partial charge is 0.319 e. The molecule has 3 aromatic rings. The first-order valence-corrected chi connectivity index (χ1v) is 8.15. The summed E-state index contributed by atoms with van der Waals surface area (Å²) >= 11 is 8.28.